The molecule has 10 N–H and O–H groups in total. The van der Waals surface area contributed by atoms with Crippen LogP contribution in [0.15, 0.2) is 28.2 Å². The van der Waals surface area contributed by atoms with Gasteiger partial charge in [0.15, 0.2) is 32.7 Å². The molecule has 2 aliphatic rings. The van der Waals surface area contributed by atoms with E-state index in [9.17, 15) is 39.0 Å². The minimum Gasteiger partial charge on any atom is -0.387 e. The number of hydrogen-bond acceptors (Lipinski definition) is 16. The number of rotatable bonds is 11. The van der Waals surface area contributed by atoms with Crippen molar-refractivity contribution in [1.29, 1.82) is 0 Å². The number of hydrogen-bond donors (Lipinski definition) is 8. The van der Waals surface area contributed by atoms with E-state index in [1.54, 1.807) is 6.92 Å². The van der Waals surface area contributed by atoms with E-state index in [0.29, 0.717) is 0 Å². The maximum absolute atomic E-state index is 12.5. The highest BCUT2D eigenvalue weighted by molar-refractivity contribution is 7.46. The van der Waals surface area contributed by atoms with Gasteiger partial charge in [-0.25, -0.2) is 14.3 Å². The largest absolute Gasteiger partial charge is 0.470 e. The SMILES string of the molecule is CC[C@@]1(O)[C@H](OPO)[C@@H](COC[C@H]2O[C@@H](n3cnc4c(=O)[nH]c(N)nc43)[C@H](OP(=O)(O)O)[C@@H]2O)O[C@H]1n1ccc(N)nc1=O. The third kappa shape index (κ3) is 6.14. The maximum atomic E-state index is 12.5. The van der Waals surface area contributed by atoms with Crippen molar-refractivity contribution < 1.29 is 52.7 Å². The number of phosphoric ester groups is 1. The van der Waals surface area contributed by atoms with Crippen LogP contribution in [0.4, 0.5) is 11.8 Å². The molecule has 5 heterocycles. The summed E-state index contributed by atoms with van der Waals surface area (Å²) >= 11 is 0. The summed E-state index contributed by atoms with van der Waals surface area (Å²) in [6, 6.07) is 1.34. The van der Waals surface area contributed by atoms with E-state index >= 15 is 0 Å². The smallest absolute Gasteiger partial charge is 0.387 e. The molecule has 23 heteroatoms. The van der Waals surface area contributed by atoms with Gasteiger partial charge in [0.05, 0.1) is 19.5 Å². The number of anilines is 2. The summed E-state index contributed by atoms with van der Waals surface area (Å²) in [4.78, 5) is 67.1. The lowest BCUT2D eigenvalue weighted by Gasteiger charge is -2.32. The predicted octanol–water partition coefficient (Wildman–Crippen LogP) is -2.78. The number of aliphatic hydroxyl groups is 2. The second-order valence-corrected chi connectivity index (χ2v) is 11.6. The molecule has 0 aromatic carbocycles. The fraction of sp³-hybridized carbons (Fsp3) is 0.571. The number of fused-ring (bicyclic) bond motifs is 1. The van der Waals surface area contributed by atoms with Crippen LogP contribution in [0.3, 0.4) is 0 Å². The second-order valence-electron chi connectivity index (χ2n) is 9.97. The number of phosphoric acid groups is 1. The van der Waals surface area contributed by atoms with Crippen molar-refractivity contribution in [2.45, 2.75) is 61.9 Å². The topological polar surface area (TPSA) is 315 Å². The molecule has 3 aromatic rings. The molecule has 2 fully saturated rings. The van der Waals surface area contributed by atoms with Crippen LogP contribution in [-0.4, -0.2) is 103 Å². The van der Waals surface area contributed by atoms with Gasteiger partial charge in [0, 0.05) is 6.20 Å². The highest BCUT2D eigenvalue weighted by Gasteiger charge is 2.57. The lowest BCUT2D eigenvalue weighted by Crippen LogP contribution is -2.49. The molecule has 44 heavy (non-hydrogen) atoms. The first-order valence-electron chi connectivity index (χ1n) is 12.9. The Morgan fingerprint density at radius 1 is 1.18 bits per heavy atom. The molecular weight excluding hydrogens is 634 g/mol. The number of aromatic amines is 1. The van der Waals surface area contributed by atoms with Gasteiger partial charge >= 0.3 is 13.5 Å². The van der Waals surface area contributed by atoms with Gasteiger partial charge in [0.2, 0.25) is 5.95 Å². The van der Waals surface area contributed by atoms with Gasteiger partial charge in [-0.15, -0.1) is 0 Å². The Balaban J connectivity index is 1.35. The second kappa shape index (κ2) is 12.5. The van der Waals surface area contributed by atoms with Gasteiger partial charge < -0.3 is 55.1 Å². The minimum atomic E-state index is -5.17. The molecule has 2 saturated heterocycles. The number of nitrogen functional groups attached to an aromatic ring is 2. The lowest BCUT2D eigenvalue weighted by molar-refractivity contribution is -0.114. The molecule has 0 amide bonds. The number of H-pyrrole nitrogens is 1. The Kier molecular flexibility index (Phi) is 9.21. The number of nitrogens with two attached hydrogens (primary N) is 2. The number of ether oxygens (including phenoxy) is 3. The van der Waals surface area contributed by atoms with E-state index in [4.69, 9.17) is 34.7 Å². The molecule has 0 spiro atoms. The van der Waals surface area contributed by atoms with Crippen molar-refractivity contribution in [3.63, 3.8) is 0 Å². The first kappa shape index (κ1) is 32.5. The van der Waals surface area contributed by atoms with Crippen molar-refractivity contribution >= 4 is 39.8 Å². The molecule has 1 unspecified atom stereocenters. The van der Waals surface area contributed by atoms with E-state index in [-0.39, 0.29) is 36.0 Å². The zero-order valence-corrected chi connectivity index (χ0v) is 24.6. The van der Waals surface area contributed by atoms with Gasteiger partial charge in [0.1, 0.15) is 41.9 Å². The number of aliphatic hydroxyl groups excluding tert-OH is 1. The Bertz CT molecular complexity index is 1660. The standard InChI is InChI=1S/C21H30N8O13P2/c1-2-21(33)14(41-43-34)9(40-18(21)28-4-3-10(22)25-20(28)32)6-38-5-8-12(30)13(42-44(35,36)37)17(39-8)29-7-24-11-15(29)26-19(23)27-16(11)31/h3-4,7-9,12-14,17-18,30,33-34,43H,2,5-6H2,1H3,(H2,22,25,32)(H2,35,36,37)(H3,23,26,27,31)/t8-,9-,12-,13-,14-,17-,18-,21-/m1/s1. The van der Waals surface area contributed by atoms with Gasteiger partial charge in [-0.1, -0.05) is 6.92 Å². The Hall–Kier alpha value is -2.91. The van der Waals surface area contributed by atoms with Crippen molar-refractivity contribution in [2.24, 2.45) is 0 Å². The van der Waals surface area contributed by atoms with Crippen LogP contribution in [-0.2, 0) is 27.8 Å². The molecular formula is C21H30N8O13P2. The molecule has 5 rings (SSSR count). The van der Waals surface area contributed by atoms with E-state index < -0.39 is 83.3 Å². The zero-order valence-electron chi connectivity index (χ0n) is 22.7. The van der Waals surface area contributed by atoms with Crippen LogP contribution in [0.1, 0.15) is 25.8 Å². The van der Waals surface area contributed by atoms with Gasteiger partial charge in [0.25, 0.3) is 5.56 Å². The summed E-state index contributed by atoms with van der Waals surface area (Å²) in [6.07, 6.45) is -7.22. The van der Waals surface area contributed by atoms with Crippen LogP contribution in [0, 0.1) is 0 Å². The van der Waals surface area contributed by atoms with Crippen molar-refractivity contribution in [3.05, 3.63) is 39.4 Å². The monoisotopic (exact) mass is 664 g/mol. The first-order valence-corrected chi connectivity index (χ1v) is 15.3. The number of imidazole rings is 1. The number of nitrogens with one attached hydrogen (secondary N) is 1. The molecule has 242 valence electrons. The fourth-order valence-electron chi connectivity index (χ4n) is 5.25. The van der Waals surface area contributed by atoms with Crippen molar-refractivity contribution in [2.75, 3.05) is 24.7 Å². The fourth-order valence-corrected chi connectivity index (χ4v) is 6.26. The van der Waals surface area contributed by atoms with Crippen LogP contribution in [0.2, 0.25) is 0 Å². The molecule has 0 aliphatic carbocycles. The highest BCUT2D eigenvalue weighted by atomic mass is 31.2. The zero-order chi connectivity index (χ0) is 32.0. The molecule has 0 radical (unpaired) electrons. The maximum Gasteiger partial charge on any atom is 0.470 e. The van der Waals surface area contributed by atoms with E-state index in [0.717, 1.165) is 15.5 Å². The third-order valence-electron chi connectivity index (χ3n) is 7.27. The van der Waals surface area contributed by atoms with E-state index in [1.807, 2.05) is 0 Å². The normalized spacial score (nSPS) is 31.1. The third-order valence-corrected chi connectivity index (χ3v) is 8.15. The van der Waals surface area contributed by atoms with E-state index in [2.05, 4.69) is 19.9 Å². The van der Waals surface area contributed by atoms with Crippen LogP contribution in [0.5, 0.6) is 0 Å². The quantitative estimate of drug-likeness (QED) is 0.0961. The van der Waals surface area contributed by atoms with Crippen molar-refractivity contribution in [1.82, 2.24) is 29.1 Å². The molecule has 9 atom stereocenters. The number of nitrogens with zero attached hydrogens (tertiary/aromatic N) is 5. The summed E-state index contributed by atoms with van der Waals surface area (Å²) in [5, 5.41) is 22.4. The molecule has 2 aliphatic heterocycles. The lowest BCUT2D eigenvalue weighted by atomic mass is 9.91. The average Bonchev–Trinajstić information content (AvgIpc) is 3.57. The Labute approximate surface area is 247 Å². The predicted molar refractivity (Wildman–Crippen MR) is 148 cm³/mol. The van der Waals surface area contributed by atoms with Gasteiger partial charge in [-0.2, -0.15) is 9.97 Å². The van der Waals surface area contributed by atoms with E-state index in [1.165, 1.54) is 12.3 Å². The average molecular weight is 664 g/mol. The summed E-state index contributed by atoms with van der Waals surface area (Å²) in [6.45, 7) is 0.883. The highest BCUT2D eigenvalue weighted by Crippen LogP contribution is 2.46. The van der Waals surface area contributed by atoms with Crippen molar-refractivity contribution in [3.8, 4) is 0 Å². The van der Waals surface area contributed by atoms with Crippen LogP contribution >= 0.6 is 16.9 Å². The first-order chi connectivity index (χ1) is 20.8. The van der Waals surface area contributed by atoms with Crippen LogP contribution in [0.25, 0.3) is 11.2 Å². The molecule has 21 nitrogen and oxygen atoms in total. The summed E-state index contributed by atoms with van der Waals surface area (Å²) in [7, 11) is -6.23. The Morgan fingerprint density at radius 3 is 2.57 bits per heavy atom. The molecule has 3 aromatic heterocycles. The minimum absolute atomic E-state index is 0.0217. The molecule has 0 bridgehead atoms. The van der Waals surface area contributed by atoms with Crippen LogP contribution < -0.4 is 22.7 Å². The summed E-state index contributed by atoms with van der Waals surface area (Å²) < 4.78 is 41.6. The molecule has 0 saturated carbocycles. The Morgan fingerprint density at radius 2 is 1.91 bits per heavy atom. The summed E-state index contributed by atoms with van der Waals surface area (Å²) in [5.41, 5.74) is 7.63. The van der Waals surface area contributed by atoms with Gasteiger partial charge in [-0.05, 0) is 12.5 Å². The summed E-state index contributed by atoms with van der Waals surface area (Å²) in [5.74, 6) is -0.313. The van der Waals surface area contributed by atoms with Gasteiger partial charge in [-0.3, -0.25) is 23.4 Å². The number of aromatic nitrogens is 6.